The van der Waals surface area contributed by atoms with Crippen molar-refractivity contribution >= 4 is 125 Å². The minimum atomic E-state index is -3.12. The molecule has 0 amide bonds. The highest BCUT2D eigenvalue weighted by molar-refractivity contribution is 7.95. The average molecular weight is 1290 g/mol. The van der Waals surface area contributed by atoms with Gasteiger partial charge in [-0.05, 0) is 213 Å². The number of oxazole rings is 1. The Morgan fingerprint density at radius 1 is 0.489 bits per heavy atom. The number of benzene rings is 9. The van der Waals surface area contributed by atoms with Gasteiger partial charge in [-0.15, -0.1) is 34.0 Å². The Balaban J connectivity index is 0.000000113. The molecule has 9 aromatic carbocycles. The molecule has 19 heteroatoms. The summed E-state index contributed by atoms with van der Waals surface area (Å²) in [4.78, 5) is 18.1. The van der Waals surface area contributed by atoms with Crippen molar-refractivity contribution in [2.45, 2.75) is 67.2 Å². The number of H-pyrrole nitrogens is 2. The molecule has 0 radical (unpaired) electrons. The van der Waals surface area contributed by atoms with E-state index in [0.29, 0.717) is 16.6 Å². The predicted octanol–water partition coefficient (Wildman–Crippen LogP) is 19.4. The second kappa shape index (κ2) is 30.6. The molecular formula is C73H67N9O6S4. The van der Waals surface area contributed by atoms with Crippen molar-refractivity contribution in [1.82, 2.24) is 45.7 Å². The van der Waals surface area contributed by atoms with Gasteiger partial charge in [-0.25, -0.2) is 28.0 Å². The number of thiophene rings is 2. The molecule has 0 unspecified atom stereocenters. The Bertz CT molecular complexity index is 4720. The number of para-hydroxylation sites is 5. The van der Waals surface area contributed by atoms with E-state index in [-0.39, 0.29) is 0 Å². The van der Waals surface area contributed by atoms with E-state index in [0.717, 1.165) is 83.5 Å². The van der Waals surface area contributed by atoms with Gasteiger partial charge in [-0.3, -0.25) is 0 Å². The summed E-state index contributed by atoms with van der Waals surface area (Å²) < 4.78 is 47.2. The molecule has 0 saturated heterocycles. The quantitative estimate of drug-likeness (QED) is 0.145. The van der Waals surface area contributed by atoms with Crippen LogP contribution in [-0.2, 0) is 9.84 Å². The summed E-state index contributed by atoms with van der Waals surface area (Å²) in [7, 11) is -3.12. The maximum atomic E-state index is 11.5. The summed E-state index contributed by atoms with van der Waals surface area (Å²) in [5, 5.41) is 23.9. The fourth-order valence-electron chi connectivity index (χ4n) is 9.44. The maximum absolute atomic E-state index is 11.5. The summed E-state index contributed by atoms with van der Waals surface area (Å²) in [5.41, 5.74) is 14.3. The maximum Gasteiger partial charge on any atom is 0.231 e. The molecule has 0 atom stereocenters. The third-order valence-electron chi connectivity index (χ3n) is 13.9. The van der Waals surface area contributed by atoms with Crippen molar-refractivity contribution in [1.29, 1.82) is 0 Å². The molecule has 464 valence electrons. The highest BCUT2D eigenvalue weighted by Gasteiger charge is 2.25. The fraction of sp³-hybridized carbons (Fsp3) is 0.137. The lowest BCUT2D eigenvalue weighted by Gasteiger charge is -1.96. The number of aromatic amines is 2. The number of imidazole rings is 1. The van der Waals surface area contributed by atoms with Crippen molar-refractivity contribution in [3.05, 3.63) is 266 Å². The fourth-order valence-corrected chi connectivity index (χ4v) is 13.5. The van der Waals surface area contributed by atoms with Gasteiger partial charge < -0.3 is 18.9 Å². The van der Waals surface area contributed by atoms with E-state index in [1.54, 1.807) is 36.5 Å². The van der Waals surface area contributed by atoms with Crippen molar-refractivity contribution in [3.8, 4) is 11.5 Å². The zero-order valence-corrected chi connectivity index (χ0v) is 55.5. The molecule has 2 aliphatic heterocycles. The Kier molecular flexibility index (Phi) is 21.5. The first-order valence-corrected chi connectivity index (χ1v) is 33.3. The van der Waals surface area contributed by atoms with Crippen LogP contribution in [0, 0.1) is 55.4 Å². The Morgan fingerprint density at radius 2 is 1.11 bits per heavy atom. The van der Waals surface area contributed by atoms with Gasteiger partial charge in [0.15, 0.2) is 23.0 Å². The van der Waals surface area contributed by atoms with E-state index in [2.05, 4.69) is 130 Å². The number of hydrogen-bond acceptors (Lipinski definition) is 16. The number of allylic oxidation sites excluding steroid dienone is 1. The second-order valence-electron chi connectivity index (χ2n) is 21.3. The molecule has 2 aliphatic rings. The zero-order valence-electron chi connectivity index (χ0n) is 52.2. The molecule has 9 heterocycles. The van der Waals surface area contributed by atoms with Crippen LogP contribution in [0.15, 0.2) is 230 Å². The minimum absolute atomic E-state index is 0.360. The van der Waals surface area contributed by atoms with Crippen molar-refractivity contribution < 1.29 is 26.9 Å². The molecule has 0 spiro atoms. The number of aryl methyl sites for hydroxylation is 8. The van der Waals surface area contributed by atoms with E-state index in [1.165, 1.54) is 52.0 Å². The summed E-state index contributed by atoms with van der Waals surface area (Å²) >= 11 is 5.41. The number of hydrogen-bond donors (Lipinski definition) is 2. The van der Waals surface area contributed by atoms with Crippen LogP contribution in [0.2, 0.25) is 0 Å². The van der Waals surface area contributed by atoms with Gasteiger partial charge in [0.1, 0.15) is 33.4 Å². The van der Waals surface area contributed by atoms with Crippen molar-refractivity contribution in [2.24, 2.45) is 0 Å². The molecule has 7 aromatic heterocycles. The van der Waals surface area contributed by atoms with E-state index >= 15 is 0 Å². The lowest BCUT2D eigenvalue weighted by molar-refractivity contribution is 0.174. The normalized spacial score (nSPS) is 11.9. The van der Waals surface area contributed by atoms with Gasteiger partial charge in [0.05, 0.1) is 31.2 Å². The van der Waals surface area contributed by atoms with Gasteiger partial charge in [0.2, 0.25) is 16.6 Å². The third kappa shape index (κ3) is 17.2. The molecule has 15 nitrogen and oxygen atoms in total. The molecule has 2 N–H and O–H groups in total. The van der Waals surface area contributed by atoms with Crippen LogP contribution in [0.1, 0.15) is 56.3 Å². The van der Waals surface area contributed by atoms with Crippen LogP contribution >= 0.6 is 34.0 Å². The first-order chi connectivity index (χ1) is 44.5. The monoisotopic (exact) mass is 1290 g/mol. The van der Waals surface area contributed by atoms with Gasteiger partial charge in [-0.1, -0.05) is 109 Å². The molecule has 0 fully saturated rings. The number of thiazole rings is 1. The van der Waals surface area contributed by atoms with Gasteiger partial charge in [-0.2, -0.15) is 15.4 Å². The lowest BCUT2D eigenvalue weighted by atomic mass is 10.2. The lowest BCUT2D eigenvalue weighted by Crippen LogP contribution is -1.96. The SMILES string of the molecule is CC1=Cc2ccccc2S1(=O)=O.Cc1cc2ccccc2s1.Cc1ccc2c(c1)OCO2.Cc1ccc2n[nH]nc2c1.Cc1ccc2nonc2c1.Cc1csc2ccccc12.Cc1nc2ccccc2[nH]1.Cc1nc2ccccc2o1.Cc1nc2ccccc2s1. The van der Waals surface area contributed by atoms with Crippen LogP contribution in [0.4, 0.5) is 0 Å². The van der Waals surface area contributed by atoms with E-state index < -0.39 is 9.84 Å². The number of aromatic nitrogens is 9. The summed E-state index contributed by atoms with van der Waals surface area (Å²) in [6.07, 6.45) is 1.70. The second-order valence-corrected chi connectivity index (χ2v) is 26.8. The Labute approximate surface area is 545 Å². The predicted molar refractivity (Wildman–Crippen MR) is 377 cm³/mol. The van der Waals surface area contributed by atoms with Crippen LogP contribution < -0.4 is 9.47 Å². The Morgan fingerprint density at radius 3 is 1.86 bits per heavy atom. The number of fused-ring (bicyclic) bond motifs is 9. The molecule has 92 heavy (non-hydrogen) atoms. The van der Waals surface area contributed by atoms with Crippen molar-refractivity contribution in [2.75, 3.05) is 6.79 Å². The van der Waals surface area contributed by atoms with Crippen LogP contribution in [0.5, 0.6) is 11.5 Å². The van der Waals surface area contributed by atoms with Crippen LogP contribution in [0.3, 0.4) is 0 Å². The third-order valence-corrected chi connectivity index (χ3v) is 18.9. The topological polar surface area (TPSA) is 201 Å². The smallest absolute Gasteiger partial charge is 0.231 e. The molecule has 16 aromatic rings. The standard InChI is InChI=1S/C9H8O2S.2C9H8S.C8H8N2.C8H7NO.C8H7NS.C8H8O2.C7H7N3.C7H6N2O/c1-7-6-8-4-2-3-5-9(8)12(7,10)11;1-7-6-10-9-5-3-2-4-8(7)9;1-7-6-8-4-2-3-5-9(8)10-7;3*1-6-9-7-4-2-3-5-8(7)10-6;1-6-2-3-7-8(4-6)10-5-9-7;2*1-5-2-3-6-7(4-5)9-10-8-6/h2-6H,1H3;2*2-6H,1H3;2-5H,1H3,(H,9,10);2*2-5H,1H3;2-4H,5H2,1H3;2-4H,1H3,(H,8,9,10);2-4H,1H3. The Hall–Kier alpha value is -10.2. The first-order valence-electron chi connectivity index (χ1n) is 29.3. The molecule has 0 bridgehead atoms. The van der Waals surface area contributed by atoms with Gasteiger partial charge in [0, 0.05) is 26.1 Å². The minimum Gasteiger partial charge on any atom is -0.454 e. The highest BCUT2D eigenvalue weighted by atomic mass is 32.2. The average Bonchev–Trinajstić information content (AvgIpc) is 1.92. The van der Waals surface area contributed by atoms with E-state index in [1.807, 2.05) is 198 Å². The van der Waals surface area contributed by atoms with Crippen LogP contribution in [-0.4, -0.2) is 60.9 Å². The highest BCUT2D eigenvalue weighted by Crippen LogP contribution is 2.33. The van der Waals surface area contributed by atoms with Gasteiger partial charge in [0.25, 0.3) is 0 Å². The number of sulfone groups is 1. The number of nitrogens with zero attached hydrogens (tertiary/aromatic N) is 7. The number of nitrogens with one attached hydrogen (secondary N) is 2. The summed E-state index contributed by atoms with van der Waals surface area (Å²) in [5.74, 6) is 3.41. The van der Waals surface area contributed by atoms with Crippen molar-refractivity contribution in [3.63, 3.8) is 0 Å². The molecule has 0 aliphatic carbocycles. The zero-order chi connectivity index (χ0) is 64.6. The summed E-state index contributed by atoms with van der Waals surface area (Å²) in [6, 6.07) is 67.8. The number of ether oxygens (including phenoxy) is 2. The number of rotatable bonds is 0. The summed E-state index contributed by atoms with van der Waals surface area (Å²) in [6.45, 7) is 18.2. The van der Waals surface area contributed by atoms with E-state index in [9.17, 15) is 8.42 Å². The molecule has 18 rings (SSSR count). The van der Waals surface area contributed by atoms with Gasteiger partial charge >= 0.3 is 0 Å². The van der Waals surface area contributed by atoms with Crippen LogP contribution in [0.25, 0.3) is 80.7 Å². The largest absolute Gasteiger partial charge is 0.454 e. The molecule has 0 saturated carbocycles. The molecular weight excluding hydrogens is 1230 g/mol. The van der Waals surface area contributed by atoms with E-state index in [4.69, 9.17) is 13.9 Å². The first kappa shape index (κ1) is 64.8.